The van der Waals surface area contributed by atoms with Crippen LogP contribution in [-0.2, 0) is 16.1 Å². The second-order valence-corrected chi connectivity index (χ2v) is 7.11. The topological polar surface area (TPSA) is 46.5 Å². The van der Waals surface area contributed by atoms with Crippen molar-refractivity contribution in [2.24, 2.45) is 5.41 Å². The molecule has 0 unspecified atom stereocenters. The van der Waals surface area contributed by atoms with Crippen LogP contribution >= 0.6 is 0 Å². The number of hydrogen-bond acceptors (Lipinski definition) is 2. The van der Waals surface area contributed by atoms with Gasteiger partial charge in [0, 0.05) is 12.0 Å². The van der Waals surface area contributed by atoms with Crippen molar-refractivity contribution in [3.8, 4) is 0 Å². The number of carboxylic acids is 1. The van der Waals surface area contributed by atoms with Gasteiger partial charge in [-0.25, -0.2) is 8.78 Å². The van der Waals surface area contributed by atoms with E-state index in [2.05, 4.69) is 0 Å². The lowest BCUT2D eigenvalue weighted by Crippen LogP contribution is -2.26. The molecular weight excluding hydrogens is 302 g/mol. The molecule has 3 nitrogen and oxygen atoms in total. The van der Waals surface area contributed by atoms with Crippen LogP contribution in [0.25, 0.3) is 0 Å². The van der Waals surface area contributed by atoms with Crippen molar-refractivity contribution in [1.29, 1.82) is 0 Å². The molecule has 0 saturated heterocycles. The van der Waals surface area contributed by atoms with Gasteiger partial charge in [-0.1, -0.05) is 12.1 Å². The van der Waals surface area contributed by atoms with Gasteiger partial charge in [0.1, 0.15) is 0 Å². The summed E-state index contributed by atoms with van der Waals surface area (Å²) in [5.41, 5.74) is 0.215. The van der Waals surface area contributed by atoms with E-state index in [1.54, 1.807) is 6.07 Å². The highest BCUT2D eigenvalue weighted by atomic mass is 19.2. The molecular formula is C18H22F2O3. The average molecular weight is 324 g/mol. The Balaban J connectivity index is 1.58. The van der Waals surface area contributed by atoms with Crippen molar-refractivity contribution in [2.75, 3.05) is 0 Å². The van der Waals surface area contributed by atoms with Gasteiger partial charge in [0.15, 0.2) is 11.6 Å². The van der Waals surface area contributed by atoms with Gasteiger partial charge in [-0.15, -0.1) is 0 Å². The van der Waals surface area contributed by atoms with Crippen molar-refractivity contribution >= 4 is 5.97 Å². The van der Waals surface area contributed by atoms with E-state index in [-0.39, 0.29) is 29.6 Å². The average Bonchev–Trinajstić information content (AvgIpc) is 3.05. The third kappa shape index (κ3) is 3.39. The highest BCUT2D eigenvalue weighted by Crippen LogP contribution is 2.60. The molecule has 5 heteroatoms. The van der Waals surface area contributed by atoms with Crippen LogP contribution in [0.3, 0.4) is 0 Å². The van der Waals surface area contributed by atoms with Gasteiger partial charge in [0.05, 0.1) is 12.2 Å². The number of rotatable bonds is 7. The predicted molar refractivity (Wildman–Crippen MR) is 80.9 cm³/mol. The number of ether oxygens (including phenoxy) is 1. The lowest BCUT2D eigenvalue weighted by Gasteiger charge is -2.28. The van der Waals surface area contributed by atoms with Crippen molar-refractivity contribution in [1.82, 2.24) is 0 Å². The molecule has 0 spiro atoms. The lowest BCUT2D eigenvalue weighted by molar-refractivity contribution is -0.137. The van der Waals surface area contributed by atoms with Crippen molar-refractivity contribution < 1.29 is 23.4 Å². The monoisotopic (exact) mass is 324 g/mol. The molecule has 0 aliphatic heterocycles. The summed E-state index contributed by atoms with van der Waals surface area (Å²) in [6.45, 7) is 0.0921. The van der Waals surface area contributed by atoms with Gasteiger partial charge >= 0.3 is 5.97 Å². The molecule has 0 aromatic heterocycles. The number of halogens is 2. The molecule has 2 bridgehead atoms. The van der Waals surface area contributed by atoms with Crippen LogP contribution < -0.4 is 0 Å². The summed E-state index contributed by atoms with van der Waals surface area (Å²) in [5.74, 6) is -2.42. The Bertz CT molecular complexity index is 592. The van der Waals surface area contributed by atoms with E-state index in [4.69, 9.17) is 9.84 Å². The van der Waals surface area contributed by atoms with Crippen LogP contribution in [0.4, 0.5) is 8.78 Å². The molecule has 2 aliphatic rings. The maximum atomic E-state index is 13.7. The SMILES string of the molecule is O=C(O)CCCC12CCC(OCc3cccc(F)c3F)(CC1)C2. The molecule has 2 aliphatic carbocycles. The fourth-order valence-corrected chi connectivity index (χ4v) is 4.31. The number of carbonyl (C=O) groups is 1. The molecule has 0 radical (unpaired) electrons. The Morgan fingerprint density at radius 1 is 1.22 bits per heavy atom. The predicted octanol–water partition coefficient (Wildman–Crippen LogP) is 4.44. The van der Waals surface area contributed by atoms with Gasteiger partial charge in [0.25, 0.3) is 0 Å². The lowest BCUT2D eigenvalue weighted by atomic mass is 9.80. The molecule has 0 heterocycles. The molecule has 126 valence electrons. The molecule has 0 atom stereocenters. The number of hydrogen-bond donors (Lipinski definition) is 1. The number of benzene rings is 1. The molecule has 1 aromatic rings. The third-order valence-corrected chi connectivity index (χ3v) is 5.58. The molecule has 2 saturated carbocycles. The summed E-state index contributed by atoms with van der Waals surface area (Å²) in [6.07, 6.45) is 6.67. The first-order valence-electron chi connectivity index (χ1n) is 8.22. The first-order valence-corrected chi connectivity index (χ1v) is 8.22. The molecule has 1 aromatic carbocycles. The second-order valence-electron chi connectivity index (χ2n) is 7.11. The Morgan fingerprint density at radius 3 is 2.65 bits per heavy atom. The first kappa shape index (κ1) is 16.4. The quantitative estimate of drug-likeness (QED) is 0.806. The maximum absolute atomic E-state index is 13.7. The largest absolute Gasteiger partial charge is 0.481 e. The van der Waals surface area contributed by atoms with Crippen LogP contribution in [0.5, 0.6) is 0 Å². The van der Waals surface area contributed by atoms with Crippen molar-refractivity contribution in [3.63, 3.8) is 0 Å². The van der Waals surface area contributed by atoms with Crippen LogP contribution in [0, 0.1) is 17.0 Å². The summed E-state index contributed by atoms with van der Waals surface area (Å²) < 4.78 is 33.0. The summed E-state index contributed by atoms with van der Waals surface area (Å²) in [4.78, 5) is 10.7. The minimum Gasteiger partial charge on any atom is -0.481 e. The highest BCUT2D eigenvalue weighted by molar-refractivity contribution is 5.66. The Hall–Kier alpha value is -1.49. The second kappa shape index (κ2) is 6.19. The van der Waals surface area contributed by atoms with Gasteiger partial charge in [0.2, 0.25) is 0 Å². The van der Waals surface area contributed by atoms with Gasteiger partial charge in [-0.2, -0.15) is 0 Å². The van der Waals surface area contributed by atoms with E-state index in [0.717, 1.165) is 44.6 Å². The summed E-state index contributed by atoms with van der Waals surface area (Å²) in [6, 6.07) is 4.16. The number of carboxylic acid groups (broad SMARTS) is 1. The zero-order chi connectivity index (χ0) is 16.5. The van der Waals surface area contributed by atoms with E-state index in [0.29, 0.717) is 6.42 Å². The van der Waals surface area contributed by atoms with E-state index < -0.39 is 17.6 Å². The molecule has 2 fully saturated rings. The smallest absolute Gasteiger partial charge is 0.303 e. The van der Waals surface area contributed by atoms with E-state index in [9.17, 15) is 13.6 Å². The Morgan fingerprint density at radius 2 is 1.96 bits per heavy atom. The Labute approximate surface area is 134 Å². The minimum atomic E-state index is -0.843. The minimum absolute atomic E-state index is 0.0921. The fraction of sp³-hybridized carbons (Fsp3) is 0.611. The summed E-state index contributed by atoms with van der Waals surface area (Å²) in [5, 5.41) is 8.77. The van der Waals surface area contributed by atoms with Crippen LogP contribution in [-0.4, -0.2) is 16.7 Å². The van der Waals surface area contributed by atoms with Gasteiger partial charge < -0.3 is 9.84 Å². The van der Waals surface area contributed by atoms with Gasteiger partial charge in [-0.05, 0) is 56.4 Å². The molecule has 1 N–H and O–H groups in total. The first-order chi connectivity index (χ1) is 10.9. The van der Waals surface area contributed by atoms with Crippen LogP contribution in [0.15, 0.2) is 18.2 Å². The standard InChI is InChI=1S/C18H22F2O3/c19-14-4-1-3-13(16(14)20)11-23-18-9-7-17(12-18,8-10-18)6-2-5-15(21)22/h1,3-4H,2,5-12H2,(H,21,22). The van der Waals surface area contributed by atoms with Crippen LogP contribution in [0.2, 0.25) is 0 Å². The Kier molecular flexibility index (Phi) is 4.41. The normalized spacial score (nSPS) is 29.1. The highest BCUT2D eigenvalue weighted by Gasteiger charge is 2.54. The summed E-state index contributed by atoms with van der Waals surface area (Å²) >= 11 is 0. The zero-order valence-corrected chi connectivity index (χ0v) is 13.1. The maximum Gasteiger partial charge on any atom is 0.303 e. The van der Waals surface area contributed by atoms with Crippen molar-refractivity contribution in [2.45, 2.75) is 63.6 Å². The third-order valence-electron chi connectivity index (χ3n) is 5.58. The van der Waals surface area contributed by atoms with E-state index in [1.165, 1.54) is 6.07 Å². The number of aliphatic carboxylic acids is 1. The molecule has 23 heavy (non-hydrogen) atoms. The van der Waals surface area contributed by atoms with Crippen molar-refractivity contribution in [3.05, 3.63) is 35.4 Å². The summed E-state index contributed by atoms with van der Waals surface area (Å²) in [7, 11) is 0. The van der Waals surface area contributed by atoms with E-state index >= 15 is 0 Å². The van der Waals surface area contributed by atoms with Gasteiger partial charge in [-0.3, -0.25) is 4.79 Å². The van der Waals surface area contributed by atoms with E-state index in [1.807, 2.05) is 0 Å². The zero-order valence-electron chi connectivity index (χ0n) is 13.1. The fourth-order valence-electron chi connectivity index (χ4n) is 4.31. The molecule has 0 amide bonds. The number of fused-ring (bicyclic) bond motifs is 2. The molecule has 3 rings (SSSR count). The van der Waals surface area contributed by atoms with Crippen LogP contribution in [0.1, 0.15) is 56.9 Å².